The van der Waals surface area contributed by atoms with E-state index in [1.165, 1.54) is 12.1 Å². The van der Waals surface area contributed by atoms with Gasteiger partial charge in [-0.1, -0.05) is 6.07 Å². The molecule has 3 nitrogen and oxygen atoms in total. The van der Waals surface area contributed by atoms with Gasteiger partial charge in [-0.3, -0.25) is 4.79 Å². The minimum absolute atomic E-state index is 0.00796. The van der Waals surface area contributed by atoms with E-state index in [9.17, 15) is 9.18 Å². The van der Waals surface area contributed by atoms with Gasteiger partial charge in [0.05, 0.1) is 0 Å². The Morgan fingerprint density at radius 2 is 2.06 bits per heavy atom. The molecule has 0 unspecified atom stereocenters. The van der Waals surface area contributed by atoms with Crippen LogP contribution in [0.4, 0.5) is 4.39 Å². The molecule has 2 heterocycles. The van der Waals surface area contributed by atoms with Gasteiger partial charge in [0.15, 0.2) is 0 Å². The number of benzene rings is 1. The van der Waals surface area contributed by atoms with Crippen molar-refractivity contribution in [3.8, 4) is 0 Å². The molecule has 0 aliphatic carbocycles. The molecule has 3 rings (SSSR count). The number of nitrogens with zero attached hydrogens (tertiary/aromatic N) is 1. The molecule has 1 aromatic rings. The quantitative estimate of drug-likeness (QED) is 0.799. The van der Waals surface area contributed by atoms with E-state index < -0.39 is 0 Å². The highest BCUT2D eigenvalue weighted by atomic mass is 19.1. The van der Waals surface area contributed by atoms with Crippen LogP contribution in [0.3, 0.4) is 0 Å². The van der Waals surface area contributed by atoms with E-state index in [4.69, 9.17) is 0 Å². The van der Waals surface area contributed by atoms with Crippen LogP contribution < -0.4 is 5.32 Å². The summed E-state index contributed by atoms with van der Waals surface area (Å²) in [6.45, 7) is 2.55. The molecule has 0 spiro atoms. The van der Waals surface area contributed by atoms with Crippen molar-refractivity contribution in [2.75, 3.05) is 13.1 Å². The van der Waals surface area contributed by atoms with E-state index in [2.05, 4.69) is 5.32 Å². The van der Waals surface area contributed by atoms with Gasteiger partial charge < -0.3 is 10.2 Å². The summed E-state index contributed by atoms with van der Waals surface area (Å²) in [5, 5.41) is 3.29. The Morgan fingerprint density at radius 3 is 2.82 bits per heavy atom. The van der Waals surface area contributed by atoms with Crippen molar-refractivity contribution in [2.24, 2.45) is 0 Å². The lowest BCUT2D eigenvalue weighted by atomic mass is 10.1. The minimum Gasteiger partial charge on any atom is -0.331 e. The fourth-order valence-electron chi connectivity index (χ4n) is 2.71. The third kappa shape index (κ3) is 1.82. The van der Waals surface area contributed by atoms with Crippen LogP contribution in [0.25, 0.3) is 0 Å². The fourth-order valence-corrected chi connectivity index (χ4v) is 2.71. The Labute approximate surface area is 99.6 Å². The first-order chi connectivity index (χ1) is 8.25. The molecule has 0 bridgehead atoms. The summed E-state index contributed by atoms with van der Waals surface area (Å²) in [6, 6.07) is 4.82. The van der Waals surface area contributed by atoms with Gasteiger partial charge in [-0.2, -0.15) is 0 Å². The minimum atomic E-state index is -0.329. The third-order valence-electron chi connectivity index (χ3n) is 3.65. The van der Waals surface area contributed by atoms with Crippen LogP contribution in [0, 0.1) is 5.82 Å². The molecule has 1 amide bonds. The van der Waals surface area contributed by atoms with Crippen LogP contribution in [0.5, 0.6) is 0 Å². The van der Waals surface area contributed by atoms with Gasteiger partial charge in [0.25, 0.3) is 5.91 Å². The van der Waals surface area contributed by atoms with Gasteiger partial charge in [0.2, 0.25) is 0 Å². The highest BCUT2D eigenvalue weighted by Gasteiger charge is 2.33. The highest BCUT2D eigenvalue weighted by molar-refractivity contribution is 5.98. The summed E-state index contributed by atoms with van der Waals surface area (Å²) < 4.78 is 13.1. The largest absolute Gasteiger partial charge is 0.331 e. The molecule has 0 atom stereocenters. The topological polar surface area (TPSA) is 32.3 Å². The Morgan fingerprint density at radius 1 is 1.29 bits per heavy atom. The van der Waals surface area contributed by atoms with Crippen LogP contribution in [0.15, 0.2) is 18.2 Å². The Hall–Kier alpha value is -1.42. The maximum Gasteiger partial charge on any atom is 0.254 e. The van der Waals surface area contributed by atoms with Crippen LogP contribution in [0.1, 0.15) is 28.8 Å². The van der Waals surface area contributed by atoms with E-state index >= 15 is 0 Å². The Kier molecular flexibility index (Phi) is 2.59. The van der Waals surface area contributed by atoms with Crippen LogP contribution >= 0.6 is 0 Å². The molecular formula is C13H15FN2O. The van der Waals surface area contributed by atoms with Gasteiger partial charge in [0, 0.05) is 18.2 Å². The lowest BCUT2D eigenvalue weighted by molar-refractivity contribution is 0.0668. The molecule has 1 N–H and O–H groups in total. The second-order valence-corrected chi connectivity index (χ2v) is 4.72. The molecule has 0 aromatic heterocycles. The smallest absolute Gasteiger partial charge is 0.254 e. The van der Waals surface area contributed by atoms with Crippen LogP contribution in [-0.2, 0) is 6.54 Å². The Balaban J connectivity index is 1.85. The van der Waals surface area contributed by atoms with E-state index in [1.807, 2.05) is 4.90 Å². The molecule has 90 valence electrons. The second kappa shape index (κ2) is 4.11. The van der Waals surface area contributed by atoms with Gasteiger partial charge in [-0.05, 0) is 43.6 Å². The second-order valence-electron chi connectivity index (χ2n) is 4.72. The number of piperidine rings is 1. The molecule has 1 saturated heterocycles. The molecule has 2 aliphatic heterocycles. The standard InChI is InChI=1S/C13H15FN2O/c14-10-2-1-9-8-16(13(17)12(9)7-10)11-3-5-15-6-4-11/h1-2,7,11,15H,3-6,8H2. The lowest BCUT2D eigenvalue weighted by Crippen LogP contribution is -2.43. The summed E-state index contributed by atoms with van der Waals surface area (Å²) >= 11 is 0. The number of amides is 1. The molecule has 2 aliphatic rings. The number of rotatable bonds is 1. The summed E-state index contributed by atoms with van der Waals surface area (Å²) in [7, 11) is 0. The van der Waals surface area contributed by atoms with E-state index in [0.29, 0.717) is 18.2 Å². The van der Waals surface area contributed by atoms with E-state index in [-0.39, 0.29) is 11.7 Å². The maximum absolute atomic E-state index is 13.1. The number of hydrogen-bond donors (Lipinski definition) is 1. The van der Waals surface area contributed by atoms with Crippen molar-refractivity contribution in [2.45, 2.75) is 25.4 Å². The van der Waals surface area contributed by atoms with Crippen molar-refractivity contribution in [3.05, 3.63) is 35.1 Å². The first-order valence-corrected chi connectivity index (χ1v) is 6.06. The first kappa shape index (κ1) is 10.7. The summed E-state index contributed by atoms with van der Waals surface area (Å²) in [6.07, 6.45) is 1.98. The molecule has 1 fully saturated rings. The van der Waals surface area contributed by atoms with Crippen molar-refractivity contribution in [1.82, 2.24) is 10.2 Å². The summed E-state index contributed by atoms with van der Waals surface area (Å²) in [5.41, 5.74) is 1.50. The first-order valence-electron chi connectivity index (χ1n) is 6.06. The molecule has 17 heavy (non-hydrogen) atoms. The van der Waals surface area contributed by atoms with Crippen molar-refractivity contribution in [1.29, 1.82) is 0 Å². The summed E-state index contributed by atoms with van der Waals surface area (Å²) in [4.78, 5) is 14.1. The van der Waals surface area contributed by atoms with Gasteiger partial charge in [0.1, 0.15) is 5.82 Å². The highest BCUT2D eigenvalue weighted by Crippen LogP contribution is 2.27. The number of carbonyl (C=O) groups excluding carboxylic acids is 1. The average Bonchev–Trinajstić information content (AvgIpc) is 2.68. The number of hydrogen-bond acceptors (Lipinski definition) is 2. The summed E-state index contributed by atoms with van der Waals surface area (Å²) in [5.74, 6) is -0.337. The van der Waals surface area contributed by atoms with Gasteiger partial charge in [-0.15, -0.1) is 0 Å². The number of fused-ring (bicyclic) bond motifs is 1. The average molecular weight is 234 g/mol. The van der Waals surface area contributed by atoms with Crippen molar-refractivity contribution < 1.29 is 9.18 Å². The Bertz CT molecular complexity index is 455. The van der Waals surface area contributed by atoms with Gasteiger partial charge in [-0.25, -0.2) is 4.39 Å². The van der Waals surface area contributed by atoms with Crippen LogP contribution in [-0.4, -0.2) is 29.9 Å². The molecular weight excluding hydrogens is 219 g/mol. The zero-order valence-electron chi connectivity index (χ0n) is 9.58. The van der Waals surface area contributed by atoms with Crippen LogP contribution in [0.2, 0.25) is 0 Å². The van der Waals surface area contributed by atoms with Gasteiger partial charge >= 0.3 is 0 Å². The predicted molar refractivity (Wildman–Crippen MR) is 62.2 cm³/mol. The van der Waals surface area contributed by atoms with Crippen molar-refractivity contribution in [3.63, 3.8) is 0 Å². The van der Waals surface area contributed by atoms with E-state index in [0.717, 1.165) is 31.5 Å². The number of nitrogens with one attached hydrogen (secondary N) is 1. The number of carbonyl (C=O) groups is 1. The molecule has 0 saturated carbocycles. The molecule has 0 radical (unpaired) electrons. The SMILES string of the molecule is O=C1c2cc(F)ccc2CN1C1CCNCC1. The third-order valence-corrected chi connectivity index (χ3v) is 3.65. The lowest BCUT2D eigenvalue weighted by Gasteiger charge is -2.31. The van der Waals surface area contributed by atoms with Crippen molar-refractivity contribution >= 4 is 5.91 Å². The van der Waals surface area contributed by atoms with E-state index in [1.54, 1.807) is 6.07 Å². The fraction of sp³-hybridized carbons (Fsp3) is 0.462. The monoisotopic (exact) mass is 234 g/mol. The maximum atomic E-state index is 13.1. The zero-order chi connectivity index (χ0) is 11.8. The predicted octanol–water partition coefficient (Wildman–Crippen LogP) is 1.53. The normalized spacial score (nSPS) is 20.8. The molecule has 4 heteroatoms. The zero-order valence-corrected chi connectivity index (χ0v) is 9.58. The number of halogens is 1. The molecule has 1 aromatic carbocycles.